The molecule has 2 heteroatoms. The first-order chi connectivity index (χ1) is 5.16. The summed E-state index contributed by atoms with van der Waals surface area (Å²) in [6.45, 7) is 6.16. The Labute approximate surface area is 76.2 Å². The summed E-state index contributed by atoms with van der Waals surface area (Å²) in [6, 6.07) is 0. The van der Waals surface area contributed by atoms with Crippen molar-refractivity contribution in [1.82, 2.24) is 4.90 Å². The van der Waals surface area contributed by atoms with Crippen LogP contribution in [0.25, 0.3) is 0 Å². The summed E-state index contributed by atoms with van der Waals surface area (Å²) in [4.78, 5) is 2.49. The average Bonchev–Trinajstić information content (AvgIpc) is 2.36. The molecule has 1 aliphatic rings. The SMILES string of the molecule is CCN1CCCC1.[CH3][Al]([CH3])[CH3]. The molecule has 1 nitrogen and oxygen atoms in total. The van der Waals surface area contributed by atoms with Gasteiger partial charge in [-0.25, -0.2) is 0 Å². The Morgan fingerprint density at radius 2 is 1.45 bits per heavy atom. The predicted octanol–water partition coefficient (Wildman–Crippen LogP) is 2.47. The molecule has 0 radical (unpaired) electrons. The van der Waals surface area contributed by atoms with Crippen LogP contribution in [-0.4, -0.2) is 38.7 Å². The highest BCUT2D eigenvalue weighted by molar-refractivity contribution is 6.54. The molecule has 0 amide bonds. The molecule has 0 N–H and O–H groups in total. The summed E-state index contributed by atoms with van der Waals surface area (Å²) in [6.07, 6.45) is 2.85. The van der Waals surface area contributed by atoms with E-state index in [-0.39, 0.29) is 14.1 Å². The quantitative estimate of drug-likeness (QED) is 0.548. The van der Waals surface area contributed by atoms with Crippen molar-refractivity contribution >= 4 is 14.1 Å². The van der Waals surface area contributed by atoms with Crippen molar-refractivity contribution in [3.8, 4) is 0 Å². The minimum atomic E-state index is -0.139. The average molecular weight is 171 g/mol. The van der Waals surface area contributed by atoms with E-state index >= 15 is 0 Å². The maximum atomic E-state index is 2.49. The van der Waals surface area contributed by atoms with Gasteiger partial charge in [0.2, 0.25) is 0 Å². The van der Waals surface area contributed by atoms with Crippen LogP contribution in [0.3, 0.4) is 0 Å². The van der Waals surface area contributed by atoms with E-state index in [1.165, 1.54) is 32.5 Å². The van der Waals surface area contributed by atoms with Crippen LogP contribution < -0.4 is 0 Å². The van der Waals surface area contributed by atoms with E-state index in [4.69, 9.17) is 0 Å². The van der Waals surface area contributed by atoms with Gasteiger partial charge in [0.25, 0.3) is 14.1 Å². The first-order valence-electron chi connectivity index (χ1n) is 4.89. The van der Waals surface area contributed by atoms with E-state index in [2.05, 4.69) is 29.2 Å². The second-order valence-electron chi connectivity index (χ2n) is 3.87. The van der Waals surface area contributed by atoms with Gasteiger partial charge in [-0.2, -0.15) is 0 Å². The van der Waals surface area contributed by atoms with Crippen LogP contribution in [0.2, 0.25) is 17.4 Å². The Bertz CT molecular complexity index is 74.9. The standard InChI is InChI=1S/C6H13N.3CH3.Al/c1-2-7-5-3-4-6-7;;;;/h2-6H2,1H3;3*1H3;. The summed E-state index contributed by atoms with van der Waals surface area (Å²) < 4.78 is 0. The molecule has 1 rings (SSSR count). The Morgan fingerprint density at radius 3 is 1.64 bits per heavy atom. The lowest BCUT2D eigenvalue weighted by Crippen LogP contribution is -2.17. The molecular weight excluding hydrogens is 149 g/mol. The fourth-order valence-corrected chi connectivity index (χ4v) is 1.10. The van der Waals surface area contributed by atoms with Gasteiger partial charge in [0.05, 0.1) is 0 Å². The molecule has 0 unspecified atom stereocenters. The fourth-order valence-electron chi connectivity index (χ4n) is 1.10. The molecule has 0 aromatic heterocycles. The van der Waals surface area contributed by atoms with Gasteiger partial charge in [-0.3, -0.25) is 0 Å². The minimum absolute atomic E-state index is 0.139. The zero-order valence-corrected chi connectivity index (χ0v) is 9.71. The molecule has 0 aliphatic carbocycles. The third-order valence-corrected chi connectivity index (χ3v) is 1.65. The van der Waals surface area contributed by atoms with Crippen molar-refractivity contribution < 1.29 is 0 Å². The fraction of sp³-hybridized carbons (Fsp3) is 1.00. The zero-order chi connectivity index (χ0) is 8.69. The molecule has 1 heterocycles. The van der Waals surface area contributed by atoms with E-state index in [0.29, 0.717) is 0 Å². The van der Waals surface area contributed by atoms with Crippen molar-refractivity contribution in [3.05, 3.63) is 0 Å². The summed E-state index contributed by atoms with van der Waals surface area (Å²) >= 11 is -0.139. The van der Waals surface area contributed by atoms with E-state index < -0.39 is 0 Å². The zero-order valence-electron chi connectivity index (χ0n) is 8.56. The van der Waals surface area contributed by atoms with E-state index in [9.17, 15) is 0 Å². The van der Waals surface area contributed by atoms with Crippen molar-refractivity contribution in [2.75, 3.05) is 19.6 Å². The smallest absolute Gasteiger partial charge is 0.251 e. The van der Waals surface area contributed by atoms with Crippen molar-refractivity contribution in [2.24, 2.45) is 0 Å². The van der Waals surface area contributed by atoms with Gasteiger partial charge < -0.3 is 4.90 Å². The Hall–Kier alpha value is 0.492. The number of likely N-dealkylation sites (tertiary alicyclic amines) is 1. The first kappa shape index (κ1) is 11.5. The van der Waals surface area contributed by atoms with Crippen LogP contribution >= 0.6 is 0 Å². The van der Waals surface area contributed by atoms with Crippen LogP contribution in [0, 0.1) is 0 Å². The predicted molar refractivity (Wildman–Crippen MR) is 54.7 cm³/mol. The monoisotopic (exact) mass is 171 g/mol. The molecule has 0 saturated carbocycles. The Balaban J connectivity index is 0.000000218. The molecule has 0 spiro atoms. The largest absolute Gasteiger partial charge is 0.304 e. The lowest BCUT2D eigenvalue weighted by molar-refractivity contribution is 0.359. The van der Waals surface area contributed by atoms with Crippen molar-refractivity contribution in [3.63, 3.8) is 0 Å². The lowest BCUT2D eigenvalue weighted by Gasteiger charge is -2.08. The van der Waals surface area contributed by atoms with Crippen LogP contribution in [-0.2, 0) is 0 Å². The van der Waals surface area contributed by atoms with Crippen molar-refractivity contribution in [2.45, 2.75) is 37.1 Å². The number of hydrogen-bond acceptors (Lipinski definition) is 1. The Kier molecular flexibility index (Phi) is 7.48. The van der Waals surface area contributed by atoms with Gasteiger partial charge in [-0.05, 0) is 32.5 Å². The van der Waals surface area contributed by atoms with Crippen LogP contribution in [0.4, 0.5) is 0 Å². The Morgan fingerprint density at radius 1 is 1.09 bits per heavy atom. The highest BCUT2D eigenvalue weighted by atomic mass is 27.2. The van der Waals surface area contributed by atoms with Gasteiger partial charge in [-0.15, -0.1) is 17.4 Å². The first-order valence-corrected chi connectivity index (χ1v) is 8.35. The van der Waals surface area contributed by atoms with Crippen LogP contribution in [0.1, 0.15) is 19.8 Å². The number of rotatable bonds is 1. The van der Waals surface area contributed by atoms with Gasteiger partial charge in [0, 0.05) is 0 Å². The van der Waals surface area contributed by atoms with Crippen LogP contribution in [0.15, 0.2) is 0 Å². The summed E-state index contributed by atoms with van der Waals surface area (Å²) in [5.41, 5.74) is 0. The molecule has 1 saturated heterocycles. The molecule has 1 aliphatic heterocycles. The van der Waals surface area contributed by atoms with Gasteiger partial charge >= 0.3 is 0 Å². The van der Waals surface area contributed by atoms with Gasteiger partial charge in [0.15, 0.2) is 0 Å². The van der Waals surface area contributed by atoms with E-state index in [1.54, 1.807) is 0 Å². The third kappa shape index (κ3) is 8.40. The van der Waals surface area contributed by atoms with Gasteiger partial charge in [-0.1, -0.05) is 6.92 Å². The van der Waals surface area contributed by atoms with E-state index in [0.717, 1.165) is 0 Å². The van der Waals surface area contributed by atoms with Crippen LogP contribution in [0.5, 0.6) is 0 Å². The second-order valence-corrected chi connectivity index (χ2v) is 7.34. The van der Waals surface area contributed by atoms with E-state index in [1.807, 2.05) is 0 Å². The maximum Gasteiger partial charge on any atom is 0.251 e. The third-order valence-electron chi connectivity index (χ3n) is 1.65. The normalized spacial score (nSPS) is 17.5. The molecule has 0 aromatic carbocycles. The molecule has 0 bridgehead atoms. The maximum absolute atomic E-state index is 2.49. The minimum Gasteiger partial charge on any atom is -0.304 e. The summed E-state index contributed by atoms with van der Waals surface area (Å²) in [7, 11) is 0. The molecule has 66 valence electrons. The lowest BCUT2D eigenvalue weighted by atomic mass is 10.4. The second kappa shape index (κ2) is 7.16. The molecule has 11 heavy (non-hydrogen) atoms. The highest BCUT2D eigenvalue weighted by Gasteiger charge is 2.06. The molecular formula is C9H22AlN. The highest BCUT2D eigenvalue weighted by Crippen LogP contribution is 2.04. The molecule has 0 atom stereocenters. The molecule has 0 aromatic rings. The topological polar surface area (TPSA) is 3.24 Å². The summed E-state index contributed by atoms with van der Waals surface area (Å²) in [5.74, 6) is 6.92. The number of hydrogen-bond donors (Lipinski definition) is 0. The summed E-state index contributed by atoms with van der Waals surface area (Å²) in [5, 5.41) is 0. The molecule has 1 fully saturated rings. The number of nitrogens with zero attached hydrogens (tertiary/aromatic N) is 1. The van der Waals surface area contributed by atoms with Gasteiger partial charge in [0.1, 0.15) is 0 Å². The van der Waals surface area contributed by atoms with Crippen molar-refractivity contribution in [1.29, 1.82) is 0 Å².